The van der Waals surface area contributed by atoms with Crippen molar-refractivity contribution in [3.05, 3.63) is 23.5 Å². The molecular formula is C13H21N3O. The van der Waals surface area contributed by atoms with Crippen molar-refractivity contribution in [3.63, 3.8) is 0 Å². The Labute approximate surface area is 103 Å². The minimum atomic E-state index is -0.110. The Kier molecular flexibility index (Phi) is 5.10. The number of aryl methyl sites for hydroxylation is 2. The van der Waals surface area contributed by atoms with Crippen LogP contribution in [0.15, 0.2) is 12.1 Å². The molecule has 1 aromatic rings. The number of aromatic nitrogens is 1. The lowest BCUT2D eigenvalue weighted by atomic mass is 10.0. The van der Waals surface area contributed by atoms with E-state index in [4.69, 9.17) is 5.73 Å². The number of nitrogens with zero attached hydrogens (tertiary/aromatic N) is 1. The van der Waals surface area contributed by atoms with Crippen LogP contribution in [-0.2, 0) is 4.79 Å². The Morgan fingerprint density at radius 2 is 2.18 bits per heavy atom. The second-order valence-corrected chi connectivity index (χ2v) is 4.30. The maximum absolute atomic E-state index is 12.0. The lowest BCUT2D eigenvalue weighted by Gasteiger charge is -2.15. The average Bonchev–Trinajstić information content (AvgIpc) is 2.29. The topological polar surface area (TPSA) is 68.0 Å². The summed E-state index contributed by atoms with van der Waals surface area (Å²) in [7, 11) is 0. The Bertz CT molecular complexity index is 390. The lowest BCUT2D eigenvalue weighted by molar-refractivity contribution is -0.119. The van der Waals surface area contributed by atoms with Crippen LogP contribution in [0.1, 0.15) is 31.2 Å². The predicted molar refractivity (Wildman–Crippen MR) is 69.8 cm³/mol. The SMILES string of the molecule is CCCC(CN)C(=O)Nc1ccc(C)nc1C. The molecule has 1 atom stereocenters. The number of nitrogens with two attached hydrogens (primary N) is 1. The molecule has 4 heteroatoms. The molecular weight excluding hydrogens is 214 g/mol. The molecule has 0 saturated heterocycles. The molecule has 0 aliphatic carbocycles. The summed E-state index contributed by atoms with van der Waals surface area (Å²) in [6.07, 6.45) is 1.78. The van der Waals surface area contributed by atoms with Crippen molar-refractivity contribution in [1.82, 2.24) is 4.98 Å². The number of carbonyl (C=O) groups is 1. The molecule has 0 radical (unpaired) electrons. The minimum absolute atomic E-state index is 0.0110. The molecule has 0 aliphatic rings. The molecule has 0 saturated carbocycles. The second kappa shape index (κ2) is 6.35. The summed E-state index contributed by atoms with van der Waals surface area (Å²) in [5.74, 6) is -0.121. The van der Waals surface area contributed by atoms with Gasteiger partial charge in [0.25, 0.3) is 0 Å². The fourth-order valence-electron chi connectivity index (χ4n) is 1.76. The van der Waals surface area contributed by atoms with Crippen LogP contribution >= 0.6 is 0 Å². The van der Waals surface area contributed by atoms with Gasteiger partial charge in [-0.1, -0.05) is 13.3 Å². The van der Waals surface area contributed by atoms with Crippen molar-refractivity contribution in [2.24, 2.45) is 11.7 Å². The Morgan fingerprint density at radius 3 is 2.71 bits per heavy atom. The van der Waals surface area contributed by atoms with Crippen molar-refractivity contribution < 1.29 is 4.79 Å². The number of nitrogens with one attached hydrogen (secondary N) is 1. The summed E-state index contributed by atoms with van der Waals surface area (Å²) >= 11 is 0. The third kappa shape index (κ3) is 3.82. The van der Waals surface area contributed by atoms with Gasteiger partial charge in [-0.15, -0.1) is 0 Å². The number of hydrogen-bond acceptors (Lipinski definition) is 3. The summed E-state index contributed by atoms with van der Waals surface area (Å²) in [6, 6.07) is 3.77. The number of pyridine rings is 1. The zero-order valence-electron chi connectivity index (χ0n) is 10.8. The van der Waals surface area contributed by atoms with Crippen molar-refractivity contribution >= 4 is 11.6 Å². The zero-order valence-corrected chi connectivity index (χ0v) is 10.8. The van der Waals surface area contributed by atoms with Crippen LogP contribution in [-0.4, -0.2) is 17.4 Å². The number of hydrogen-bond donors (Lipinski definition) is 2. The summed E-state index contributed by atoms with van der Waals surface area (Å²) in [5.41, 5.74) is 8.16. The monoisotopic (exact) mass is 235 g/mol. The lowest BCUT2D eigenvalue weighted by Crippen LogP contribution is -2.29. The van der Waals surface area contributed by atoms with Gasteiger partial charge in [-0.25, -0.2) is 0 Å². The van der Waals surface area contributed by atoms with Crippen LogP contribution in [0, 0.1) is 19.8 Å². The molecule has 1 unspecified atom stereocenters. The van der Waals surface area contributed by atoms with Gasteiger partial charge < -0.3 is 11.1 Å². The van der Waals surface area contributed by atoms with E-state index in [2.05, 4.69) is 17.2 Å². The van der Waals surface area contributed by atoms with Crippen molar-refractivity contribution in [3.8, 4) is 0 Å². The van der Waals surface area contributed by atoms with E-state index >= 15 is 0 Å². The molecule has 0 spiro atoms. The van der Waals surface area contributed by atoms with Crippen LogP contribution in [0.4, 0.5) is 5.69 Å². The molecule has 1 heterocycles. The average molecular weight is 235 g/mol. The molecule has 0 aliphatic heterocycles. The first-order chi connectivity index (χ1) is 8.08. The van der Waals surface area contributed by atoms with Gasteiger partial charge in [0.1, 0.15) is 0 Å². The fourth-order valence-corrected chi connectivity index (χ4v) is 1.76. The minimum Gasteiger partial charge on any atom is -0.330 e. The molecule has 4 nitrogen and oxygen atoms in total. The quantitative estimate of drug-likeness (QED) is 0.820. The standard InChI is InChI=1S/C13H21N3O/c1-4-5-11(8-14)13(17)16-12-7-6-9(2)15-10(12)3/h6-7,11H,4-5,8,14H2,1-3H3,(H,16,17). The molecule has 0 aromatic carbocycles. The van der Waals surface area contributed by atoms with E-state index in [0.29, 0.717) is 6.54 Å². The van der Waals surface area contributed by atoms with Gasteiger partial charge in [-0.2, -0.15) is 0 Å². The molecule has 17 heavy (non-hydrogen) atoms. The van der Waals surface area contributed by atoms with E-state index in [9.17, 15) is 4.79 Å². The summed E-state index contributed by atoms with van der Waals surface area (Å²) in [5, 5.41) is 2.89. The first kappa shape index (κ1) is 13.6. The molecule has 1 amide bonds. The van der Waals surface area contributed by atoms with E-state index in [1.165, 1.54) is 0 Å². The van der Waals surface area contributed by atoms with Gasteiger partial charge in [-0.3, -0.25) is 9.78 Å². The fraction of sp³-hybridized carbons (Fsp3) is 0.538. The third-order valence-corrected chi connectivity index (χ3v) is 2.78. The third-order valence-electron chi connectivity index (χ3n) is 2.78. The molecule has 94 valence electrons. The zero-order chi connectivity index (χ0) is 12.8. The van der Waals surface area contributed by atoms with Crippen LogP contribution in [0.3, 0.4) is 0 Å². The van der Waals surface area contributed by atoms with E-state index in [-0.39, 0.29) is 11.8 Å². The van der Waals surface area contributed by atoms with E-state index < -0.39 is 0 Å². The highest BCUT2D eigenvalue weighted by Gasteiger charge is 2.16. The highest BCUT2D eigenvalue weighted by molar-refractivity contribution is 5.93. The van der Waals surface area contributed by atoms with E-state index in [0.717, 1.165) is 29.9 Å². The second-order valence-electron chi connectivity index (χ2n) is 4.30. The van der Waals surface area contributed by atoms with Gasteiger partial charge >= 0.3 is 0 Å². The van der Waals surface area contributed by atoms with E-state index in [1.54, 1.807) is 0 Å². The van der Waals surface area contributed by atoms with Gasteiger partial charge in [0.05, 0.1) is 17.3 Å². The Morgan fingerprint density at radius 1 is 1.47 bits per heavy atom. The smallest absolute Gasteiger partial charge is 0.228 e. The molecule has 3 N–H and O–H groups in total. The van der Waals surface area contributed by atoms with Crippen molar-refractivity contribution in [2.45, 2.75) is 33.6 Å². The van der Waals surface area contributed by atoms with Crippen LogP contribution < -0.4 is 11.1 Å². The molecule has 1 aromatic heterocycles. The summed E-state index contributed by atoms with van der Waals surface area (Å²) in [4.78, 5) is 16.3. The maximum Gasteiger partial charge on any atom is 0.228 e. The maximum atomic E-state index is 12.0. The Balaban J connectivity index is 2.73. The van der Waals surface area contributed by atoms with Gasteiger partial charge in [0.15, 0.2) is 0 Å². The van der Waals surface area contributed by atoms with Crippen LogP contribution in [0.5, 0.6) is 0 Å². The predicted octanol–water partition coefficient (Wildman–Crippen LogP) is 2.01. The normalized spacial score (nSPS) is 12.2. The van der Waals surface area contributed by atoms with E-state index in [1.807, 2.05) is 26.0 Å². The number of anilines is 1. The number of amides is 1. The highest BCUT2D eigenvalue weighted by Crippen LogP contribution is 2.15. The van der Waals surface area contributed by atoms with Crippen LogP contribution in [0.25, 0.3) is 0 Å². The largest absolute Gasteiger partial charge is 0.330 e. The molecule has 1 rings (SSSR count). The van der Waals surface area contributed by atoms with Gasteiger partial charge in [0.2, 0.25) is 5.91 Å². The van der Waals surface area contributed by atoms with Gasteiger partial charge in [0, 0.05) is 12.2 Å². The van der Waals surface area contributed by atoms with Crippen LogP contribution in [0.2, 0.25) is 0 Å². The Hall–Kier alpha value is -1.42. The van der Waals surface area contributed by atoms with Crippen molar-refractivity contribution in [2.75, 3.05) is 11.9 Å². The first-order valence-corrected chi connectivity index (χ1v) is 6.03. The summed E-state index contributed by atoms with van der Waals surface area (Å²) in [6.45, 7) is 6.25. The number of rotatable bonds is 5. The van der Waals surface area contributed by atoms with Crippen molar-refractivity contribution in [1.29, 1.82) is 0 Å². The highest BCUT2D eigenvalue weighted by atomic mass is 16.1. The number of carbonyl (C=O) groups excluding carboxylic acids is 1. The van der Waals surface area contributed by atoms with Gasteiger partial charge in [-0.05, 0) is 32.4 Å². The summed E-state index contributed by atoms with van der Waals surface area (Å²) < 4.78 is 0. The first-order valence-electron chi connectivity index (χ1n) is 6.03. The molecule has 0 bridgehead atoms. The molecule has 0 fully saturated rings.